The molecular formula is C21H20FN3O2. The predicted molar refractivity (Wildman–Crippen MR) is 102 cm³/mol. The zero-order valence-electron chi connectivity index (χ0n) is 15.2. The number of nitrogens with zero attached hydrogens (tertiary/aromatic N) is 1. The van der Waals surface area contributed by atoms with Gasteiger partial charge in [0.05, 0.1) is 10.9 Å². The molecule has 1 saturated carbocycles. The Balaban J connectivity index is 1.83. The fraction of sp³-hybridized carbons (Fsp3) is 0.333. The Morgan fingerprint density at radius 2 is 1.96 bits per heavy atom. The maximum absolute atomic E-state index is 15.1. The molecule has 1 aliphatic heterocycles. The molecule has 1 atom stereocenters. The predicted octanol–water partition coefficient (Wildman–Crippen LogP) is 3.30. The maximum Gasteiger partial charge on any atom is 0.329 e. The van der Waals surface area contributed by atoms with Crippen molar-refractivity contribution < 1.29 is 4.39 Å². The normalized spacial score (nSPS) is 18.9. The topological polar surface area (TPSA) is 66.9 Å². The van der Waals surface area contributed by atoms with E-state index in [0.717, 1.165) is 30.5 Å². The smallest absolute Gasteiger partial charge is 0.306 e. The summed E-state index contributed by atoms with van der Waals surface area (Å²) in [5, 5.41) is 3.62. The molecule has 1 aromatic heterocycles. The fourth-order valence-electron chi connectivity index (χ4n) is 4.32. The Hall–Kier alpha value is -2.73. The molecule has 1 fully saturated rings. The highest BCUT2D eigenvalue weighted by Crippen LogP contribution is 2.39. The van der Waals surface area contributed by atoms with Crippen molar-refractivity contribution in [2.45, 2.75) is 45.3 Å². The quantitative estimate of drug-likeness (QED) is 0.732. The van der Waals surface area contributed by atoms with Crippen LogP contribution in [0.4, 0.5) is 4.39 Å². The fourth-order valence-corrected chi connectivity index (χ4v) is 4.32. The van der Waals surface area contributed by atoms with Crippen LogP contribution in [-0.2, 0) is 6.54 Å². The van der Waals surface area contributed by atoms with Crippen molar-refractivity contribution in [1.82, 2.24) is 14.9 Å². The number of benzene rings is 2. The molecule has 5 nitrogen and oxygen atoms in total. The molecule has 5 rings (SSSR count). The first-order chi connectivity index (χ1) is 13.0. The van der Waals surface area contributed by atoms with E-state index in [-0.39, 0.29) is 17.5 Å². The van der Waals surface area contributed by atoms with E-state index in [1.165, 1.54) is 11.6 Å². The number of aromatic amines is 1. The van der Waals surface area contributed by atoms with Crippen LogP contribution in [0.25, 0.3) is 22.0 Å². The molecule has 27 heavy (non-hydrogen) atoms. The third-order valence-corrected chi connectivity index (χ3v) is 5.83. The van der Waals surface area contributed by atoms with E-state index in [9.17, 15) is 9.59 Å². The average Bonchev–Trinajstić information content (AvgIpc) is 3.39. The van der Waals surface area contributed by atoms with E-state index in [1.54, 1.807) is 11.5 Å². The molecule has 0 bridgehead atoms. The first kappa shape index (κ1) is 16.4. The van der Waals surface area contributed by atoms with Crippen LogP contribution in [-0.4, -0.2) is 9.55 Å². The zero-order valence-corrected chi connectivity index (χ0v) is 15.2. The second-order valence-electron chi connectivity index (χ2n) is 7.63. The van der Waals surface area contributed by atoms with Gasteiger partial charge in [0.15, 0.2) is 0 Å². The monoisotopic (exact) mass is 365 g/mol. The van der Waals surface area contributed by atoms with Crippen LogP contribution < -0.4 is 16.6 Å². The van der Waals surface area contributed by atoms with E-state index < -0.39 is 17.1 Å². The molecule has 6 heteroatoms. The van der Waals surface area contributed by atoms with Gasteiger partial charge in [0.25, 0.3) is 5.56 Å². The van der Waals surface area contributed by atoms with Crippen molar-refractivity contribution in [1.29, 1.82) is 0 Å². The summed E-state index contributed by atoms with van der Waals surface area (Å²) in [6, 6.07) is 7.60. The van der Waals surface area contributed by atoms with Crippen LogP contribution in [0.2, 0.25) is 0 Å². The largest absolute Gasteiger partial charge is 0.329 e. The summed E-state index contributed by atoms with van der Waals surface area (Å²) in [6.07, 6.45) is 1.80. The number of H-pyrrole nitrogens is 1. The molecule has 2 heterocycles. The molecule has 1 unspecified atom stereocenters. The van der Waals surface area contributed by atoms with Gasteiger partial charge in [-0.05, 0) is 61.1 Å². The van der Waals surface area contributed by atoms with E-state index in [1.807, 2.05) is 18.2 Å². The van der Waals surface area contributed by atoms with Crippen LogP contribution in [0.1, 0.15) is 48.5 Å². The second kappa shape index (κ2) is 5.63. The molecule has 0 saturated heterocycles. The van der Waals surface area contributed by atoms with Crippen LogP contribution in [0.3, 0.4) is 0 Å². The molecule has 1 aliphatic carbocycles. The highest BCUT2D eigenvalue weighted by molar-refractivity contribution is 5.89. The molecule has 2 N–H and O–H groups in total. The van der Waals surface area contributed by atoms with Crippen LogP contribution in [0.15, 0.2) is 33.9 Å². The lowest BCUT2D eigenvalue weighted by Crippen LogP contribution is -2.30. The first-order valence-corrected chi connectivity index (χ1v) is 9.30. The highest BCUT2D eigenvalue weighted by atomic mass is 19.1. The second-order valence-corrected chi connectivity index (χ2v) is 7.63. The van der Waals surface area contributed by atoms with E-state index in [0.29, 0.717) is 16.6 Å². The van der Waals surface area contributed by atoms with Gasteiger partial charge < -0.3 is 5.32 Å². The van der Waals surface area contributed by atoms with Crippen LogP contribution in [0, 0.1) is 12.7 Å². The number of aryl methyl sites for hydroxylation is 1. The number of aromatic nitrogens is 2. The number of rotatable bonds is 2. The highest BCUT2D eigenvalue weighted by Gasteiger charge is 2.29. The number of nitrogens with one attached hydrogen (secondary N) is 2. The molecule has 138 valence electrons. The van der Waals surface area contributed by atoms with E-state index in [4.69, 9.17) is 0 Å². The lowest BCUT2D eigenvalue weighted by Gasteiger charge is -2.16. The van der Waals surface area contributed by atoms with Crippen molar-refractivity contribution in [3.63, 3.8) is 0 Å². The van der Waals surface area contributed by atoms with Gasteiger partial charge in [-0.2, -0.15) is 0 Å². The minimum absolute atomic E-state index is 0.0823. The minimum Gasteiger partial charge on any atom is -0.306 e. The standard InChI is InChI=1S/C21H20FN3O2/c1-10-18(12-3-6-15-11(2)23-9-13(15)7-12)17(22)8-16-19(10)25(14-4-5-14)21(27)24-20(16)26/h3,6-8,11,14,23H,4-5,9H2,1-2H3,(H,24,26,27). The molecule has 0 amide bonds. The molecular weight excluding hydrogens is 345 g/mol. The number of fused-ring (bicyclic) bond motifs is 2. The van der Waals surface area contributed by atoms with Gasteiger partial charge >= 0.3 is 5.69 Å². The van der Waals surface area contributed by atoms with E-state index >= 15 is 4.39 Å². The zero-order chi connectivity index (χ0) is 18.9. The van der Waals surface area contributed by atoms with Crippen molar-refractivity contribution >= 4 is 10.9 Å². The molecule has 0 radical (unpaired) electrons. The van der Waals surface area contributed by atoms with Crippen molar-refractivity contribution in [2.75, 3.05) is 0 Å². The molecule has 2 aromatic carbocycles. The summed E-state index contributed by atoms with van der Waals surface area (Å²) < 4.78 is 16.7. The number of halogens is 1. The Kier molecular flexibility index (Phi) is 3.43. The van der Waals surface area contributed by atoms with Crippen molar-refractivity contribution in [2.24, 2.45) is 0 Å². The Bertz CT molecular complexity index is 1220. The lowest BCUT2D eigenvalue weighted by molar-refractivity contribution is 0.630. The maximum atomic E-state index is 15.1. The van der Waals surface area contributed by atoms with Gasteiger partial charge in [0, 0.05) is 24.2 Å². The number of hydrogen-bond donors (Lipinski definition) is 2. The lowest BCUT2D eigenvalue weighted by atomic mass is 9.94. The first-order valence-electron chi connectivity index (χ1n) is 9.30. The summed E-state index contributed by atoms with van der Waals surface area (Å²) in [5.74, 6) is -0.439. The Labute approximate surface area is 154 Å². The van der Waals surface area contributed by atoms with E-state index in [2.05, 4.69) is 17.2 Å². The van der Waals surface area contributed by atoms with Crippen LogP contribution in [0.5, 0.6) is 0 Å². The van der Waals surface area contributed by atoms with Gasteiger partial charge in [0.1, 0.15) is 5.82 Å². The third-order valence-electron chi connectivity index (χ3n) is 5.83. The SMILES string of the molecule is Cc1c(-c2ccc3c(c2)CNC3C)c(F)cc2c(=O)[nH]c(=O)n(C3CC3)c12. The molecule has 3 aromatic rings. The van der Waals surface area contributed by atoms with Gasteiger partial charge in [-0.25, -0.2) is 9.18 Å². The van der Waals surface area contributed by atoms with Gasteiger partial charge in [0.2, 0.25) is 0 Å². The molecule has 2 aliphatic rings. The Morgan fingerprint density at radius 3 is 2.70 bits per heavy atom. The van der Waals surface area contributed by atoms with Crippen LogP contribution >= 0.6 is 0 Å². The van der Waals surface area contributed by atoms with Gasteiger partial charge in [-0.1, -0.05) is 12.1 Å². The average molecular weight is 365 g/mol. The van der Waals surface area contributed by atoms with Crippen molar-refractivity contribution in [3.8, 4) is 11.1 Å². The summed E-state index contributed by atoms with van der Waals surface area (Å²) in [6.45, 7) is 4.66. The summed E-state index contributed by atoms with van der Waals surface area (Å²) >= 11 is 0. The third kappa shape index (κ3) is 2.40. The summed E-state index contributed by atoms with van der Waals surface area (Å²) in [7, 11) is 0. The van der Waals surface area contributed by atoms with Gasteiger partial charge in [-0.15, -0.1) is 0 Å². The van der Waals surface area contributed by atoms with Gasteiger partial charge in [-0.3, -0.25) is 14.3 Å². The minimum atomic E-state index is -0.535. The van der Waals surface area contributed by atoms with Crippen molar-refractivity contribution in [3.05, 3.63) is 67.6 Å². The summed E-state index contributed by atoms with van der Waals surface area (Å²) in [5.41, 5.74) is 3.86. The Morgan fingerprint density at radius 1 is 1.19 bits per heavy atom. The summed E-state index contributed by atoms with van der Waals surface area (Å²) in [4.78, 5) is 27.0. The number of hydrogen-bond acceptors (Lipinski definition) is 3. The molecule has 0 spiro atoms.